The SMILES string of the molecule is CCO[C@H](CC(=O)NO)C(Cc1ccc(Cl)cc1)c1ccc(-c2ccncc2)cc1.CCO[C@H](CC(C)=O)C(Cc1ccc(Cl)cc1)c1ccc(-c2ccncc2)cc1.CCO[C@H](CC(C)=O)C(Cc1ccc(Cl)cc1)c1ccc(Br)cc1. The van der Waals surface area contributed by atoms with Gasteiger partial charge in [0.05, 0.1) is 24.7 Å². The van der Waals surface area contributed by atoms with E-state index >= 15 is 0 Å². The van der Waals surface area contributed by atoms with Gasteiger partial charge in [-0.15, -0.1) is 0 Å². The number of nitrogens with one attached hydrogen (secondary N) is 1. The van der Waals surface area contributed by atoms with Gasteiger partial charge in [0, 0.05) is 94.7 Å². The van der Waals surface area contributed by atoms with Gasteiger partial charge in [-0.25, -0.2) is 5.48 Å². The van der Waals surface area contributed by atoms with E-state index in [1.165, 1.54) is 16.7 Å². The molecule has 83 heavy (non-hydrogen) atoms. The van der Waals surface area contributed by atoms with E-state index in [4.69, 9.17) is 54.2 Å². The Bertz CT molecular complexity index is 3180. The molecule has 0 bridgehead atoms. The van der Waals surface area contributed by atoms with E-state index in [0.717, 1.165) is 66.3 Å². The van der Waals surface area contributed by atoms with Crippen LogP contribution >= 0.6 is 50.7 Å². The third-order valence-corrected chi connectivity index (χ3v) is 15.4. The van der Waals surface area contributed by atoms with E-state index in [1.807, 2.05) is 130 Å². The second-order valence-electron chi connectivity index (χ2n) is 20.1. The number of halogens is 4. The van der Waals surface area contributed by atoms with Crippen molar-refractivity contribution >= 4 is 68.2 Å². The lowest BCUT2D eigenvalue weighted by atomic mass is 9.84. The molecule has 0 spiro atoms. The highest BCUT2D eigenvalue weighted by Gasteiger charge is 2.29. The zero-order chi connectivity index (χ0) is 59.5. The number of rotatable bonds is 26. The van der Waals surface area contributed by atoms with Crippen LogP contribution in [0, 0.1) is 0 Å². The molecule has 0 saturated carbocycles. The van der Waals surface area contributed by atoms with Crippen LogP contribution in [-0.4, -0.2) is 70.8 Å². The first-order chi connectivity index (χ1) is 40.2. The topological polar surface area (TPSA) is 137 Å². The predicted octanol–water partition coefficient (Wildman–Crippen LogP) is 17.0. The van der Waals surface area contributed by atoms with Gasteiger partial charge in [-0.05, 0) is 182 Å². The molecule has 0 radical (unpaired) electrons. The Labute approximate surface area is 513 Å². The summed E-state index contributed by atoms with van der Waals surface area (Å²) in [5.74, 6) is -0.0721. The normalized spacial score (nSPS) is 13.1. The summed E-state index contributed by atoms with van der Waals surface area (Å²) in [5.41, 5.74) is 13.0. The Balaban J connectivity index is 0.000000201. The highest BCUT2D eigenvalue weighted by molar-refractivity contribution is 9.10. The molecule has 3 unspecified atom stereocenters. The van der Waals surface area contributed by atoms with E-state index in [9.17, 15) is 14.4 Å². The molecule has 1 amide bonds. The summed E-state index contributed by atoms with van der Waals surface area (Å²) < 4.78 is 18.9. The van der Waals surface area contributed by atoms with Gasteiger partial charge in [0.2, 0.25) is 5.91 Å². The molecule has 8 rings (SSSR count). The second kappa shape index (κ2) is 35.0. The minimum atomic E-state index is -0.469. The van der Waals surface area contributed by atoms with Crippen LogP contribution in [0.1, 0.15) is 105 Å². The molecule has 2 aromatic heterocycles. The van der Waals surface area contributed by atoms with Crippen LogP contribution in [0.25, 0.3) is 22.3 Å². The number of hydrogen-bond donors (Lipinski definition) is 2. The van der Waals surface area contributed by atoms with Crippen LogP contribution < -0.4 is 5.48 Å². The van der Waals surface area contributed by atoms with Crippen molar-refractivity contribution in [3.8, 4) is 22.3 Å². The minimum absolute atomic E-state index is 0.0642. The lowest BCUT2D eigenvalue weighted by molar-refractivity contribution is -0.132. The number of amides is 1. The van der Waals surface area contributed by atoms with Crippen molar-refractivity contribution in [2.24, 2.45) is 0 Å². The maximum absolute atomic E-state index is 11.9. The molecule has 0 aliphatic carbocycles. The summed E-state index contributed by atoms with van der Waals surface area (Å²) in [6, 6.07) is 56.4. The van der Waals surface area contributed by atoms with Crippen LogP contribution in [0.5, 0.6) is 0 Å². The third kappa shape index (κ3) is 22.0. The zero-order valence-corrected chi connectivity index (χ0v) is 51.5. The monoisotopic (exact) mass is 1240 g/mol. The first kappa shape index (κ1) is 65.8. The van der Waals surface area contributed by atoms with Gasteiger partial charge >= 0.3 is 0 Å². The average Bonchev–Trinajstić information content (AvgIpc) is 3.57. The first-order valence-electron chi connectivity index (χ1n) is 27.9. The second-order valence-corrected chi connectivity index (χ2v) is 22.3. The third-order valence-electron chi connectivity index (χ3n) is 14.1. The average molecular weight is 1240 g/mol. The number of ketones is 2. The van der Waals surface area contributed by atoms with Crippen molar-refractivity contribution in [1.82, 2.24) is 15.4 Å². The molecule has 2 heterocycles. The summed E-state index contributed by atoms with van der Waals surface area (Å²) >= 11 is 21.5. The van der Waals surface area contributed by atoms with Gasteiger partial charge in [0.1, 0.15) is 11.6 Å². The van der Waals surface area contributed by atoms with Crippen molar-refractivity contribution in [3.05, 3.63) is 248 Å². The number of benzene rings is 6. The van der Waals surface area contributed by atoms with Crippen LogP contribution in [0.3, 0.4) is 0 Å². The fourth-order valence-corrected chi connectivity index (χ4v) is 10.7. The van der Waals surface area contributed by atoms with Gasteiger partial charge < -0.3 is 14.2 Å². The summed E-state index contributed by atoms with van der Waals surface area (Å²) in [7, 11) is 0. The molecular weight excluding hydrogens is 1170 g/mol. The van der Waals surface area contributed by atoms with E-state index in [1.54, 1.807) is 44.1 Å². The van der Waals surface area contributed by atoms with Crippen molar-refractivity contribution in [2.75, 3.05) is 19.8 Å². The number of Topliss-reactive ketones (excluding diaryl/α,β-unsaturated/α-hetero) is 2. The van der Waals surface area contributed by atoms with Gasteiger partial charge in [0.25, 0.3) is 0 Å². The number of hydroxylamine groups is 1. The van der Waals surface area contributed by atoms with E-state index in [0.29, 0.717) is 44.1 Å². The number of nitrogens with zero attached hydrogens (tertiary/aromatic N) is 2. The Morgan fingerprint density at radius 2 is 0.711 bits per heavy atom. The maximum atomic E-state index is 11.9. The quantitative estimate of drug-likeness (QED) is 0.0401. The maximum Gasteiger partial charge on any atom is 0.245 e. The Hall–Kier alpha value is -6.38. The zero-order valence-electron chi connectivity index (χ0n) is 47.6. The molecule has 8 aromatic rings. The molecule has 0 aliphatic heterocycles. The minimum Gasteiger partial charge on any atom is -0.377 e. The lowest BCUT2D eigenvalue weighted by Crippen LogP contribution is -2.31. The van der Waals surface area contributed by atoms with Crippen molar-refractivity contribution in [2.45, 2.75) is 109 Å². The van der Waals surface area contributed by atoms with Crippen LogP contribution in [0.15, 0.2) is 199 Å². The van der Waals surface area contributed by atoms with Crippen LogP contribution in [0.4, 0.5) is 0 Å². The summed E-state index contributed by atoms with van der Waals surface area (Å²) in [4.78, 5) is 43.7. The number of aromatic nitrogens is 2. The Morgan fingerprint density at radius 1 is 0.434 bits per heavy atom. The summed E-state index contributed by atoms with van der Waals surface area (Å²) in [5, 5.41) is 11.1. The number of carbonyl (C=O) groups is 3. The molecule has 0 saturated heterocycles. The molecular formula is C69H73BrCl3N3O7. The number of ether oxygens (including phenoxy) is 3. The molecule has 434 valence electrons. The van der Waals surface area contributed by atoms with Gasteiger partial charge in [-0.1, -0.05) is 148 Å². The number of hydrogen-bond acceptors (Lipinski definition) is 9. The molecule has 0 aliphatic rings. The van der Waals surface area contributed by atoms with Crippen molar-refractivity contribution < 1.29 is 33.8 Å². The lowest BCUT2D eigenvalue weighted by Gasteiger charge is -2.27. The largest absolute Gasteiger partial charge is 0.377 e. The van der Waals surface area contributed by atoms with E-state index in [2.05, 4.69) is 86.6 Å². The molecule has 10 nitrogen and oxygen atoms in total. The van der Waals surface area contributed by atoms with Gasteiger partial charge in [0.15, 0.2) is 0 Å². The van der Waals surface area contributed by atoms with Crippen molar-refractivity contribution in [1.29, 1.82) is 0 Å². The first-order valence-corrected chi connectivity index (χ1v) is 29.8. The highest BCUT2D eigenvalue weighted by atomic mass is 79.9. The fourth-order valence-electron chi connectivity index (χ4n) is 10.0. The Kier molecular flexibility index (Phi) is 27.8. The molecule has 14 heteroatoms. The van der Waals surface area contributed by atoms with Gasteiger partial charge in [-0.2, -0.15) is 0 Å². The highest BCUT2D eigenvalue weighted by Crippen LogP contribution is 2.34. The van der Waals surface area contributed by atoms with Crippen LogP contribution in [0.2, 0.25) is 15.1 Å². The van der Waals surface area contributed by atoms with Crippen LogP contribution in [-0.2, 0) is 47.9 Å². The summed E-state index contributed by atoms with van der Waals surface area (Å²) in [6.45, 7) is 10.7. The molecule has 2 N–H and O–H groups in total. The Morgan fingerprint density at radius 3 is 0.988 bits per heavy atom. The summed E-state index contributed by atoms with van der Waals surface area (Å²) in [6.07, 6.45) is 9.59. The molecule has 6 aromatic carbocycles. The van der Waals surface area contributed by atoms with Gasteiger partial charge in [-0.3, -0.25) is 29.6 Å². The fraction of sp³-hybridized carbons (Fsp3) is 0.290. The standard InChI is InChI=1S/C25H26ClNO2.C24H25ClN2O3.C20H22BrClO2/c1-3-29-25(16-18(2)28)24(17-19-4-10-23(26)11-5-19)22-8-6-20(7-9-22)21-12-14-27-15-13-21;1-2-30-23(16-24(28)27-29)22(15-17-3-9-21(25)10-4-17)20-7-5-18(6-8-20)19-11-13-26-14-12-19;1-3-24-20(12-14(2)23)19(16-6-8-17(21)9-7-16)13-15-4-10-18(22)11-5-15/h4-15,24-25H,3,16-17H2,1-2H3;3-14,22-23,29H,2,15-16H2,1H3,(H,27,28);4-11,19-20H,3,12-13H2,1-2H3/t24?,25-;22?,23-;19?,20-/m111/s1. The number of carbonyl (C=O) groups excluding carboxylic acids is 3. The molecule has 0 fully saturated rings. The van der Waals surface area contributed by atoms with Crippen molar-refractivity contribution in [3.63, 3.8) is 0 Å². The molecule has 6 atom stereocenters. The number of pyridine rings is 2. The smallest absolute Gasteiger partial charge is 0.245 e. The van der Waals surface area contributed by atoms with E-state index < -0.39 is 5.91 Å². The predicted molar refractivity (Wildman–Crippen MR) is 339 cm³/mol. The van der Waals surface area contributed by atoms with E-state index in [-0.39, 0.29) is 54.1 Å².